The maximum absolute atomic E-state index is 11.9. The third-order valence-corrected chi connectivity index (χ3v) is 4.89. The average molecular weight is 400 g/mol. The van der Waals surface area contributed by atoms with E-state index in [0.717, 1.165) is 50.5 Å². The van der Waals surface area contributed by atoms with Gasteiger partial charge in [-0.3, -0.25) is 10.1 Å². The summed E-state index contributed by atoms with van der Waals surface area (Å²) in [5.74, 6) is 1.19. The molecule has 0 aliphatic heterocycles. The fourth-order valence-electron chi connectivity index (χ4n) is 3.28. The molecular weight excluding hydrogens is 372 g/mol. The largest absolute Gasteiger partial charge is 0.484 e. The molecule has 3 amide bonds. The Hall–Kier alpha value is -2.90. The number of carbonyl (C=O) groups excluding carboxylic acids is 2. The van der Waals surface area contributed by atoms with Crippen molar-refractivity contribution in [3.05, 3.63) is 30.2 Å². The van der Waals surface area contributed by atoms with E-state index in [2.05, 4.69) is 27.7 Å². The number of unbranched alkanes of at least 4 members (excludes halogenated alkanes) is 1. The topological polar surface area (TPSA) is 106 Å². The summed E-state index contributed by atoms with van der Waals surface area (Å²) in [5, 5.41) is 9.14. The molecule has 29 heavy (non-hydrogen) atoms. The van der Waals surface area contributed by atoms with Gasteiger partial charge in [0.05, 0.1) is 0 Å². The first-order chi connectivity index (χ1) is 14.1. The molecule has 8 nitrogen and oxygen atoms in total. The number of carbonyl (C=O) groups is 2. The number of amides is 3. The first-order valence-electron chi connectivity index (χ1n) is 10.3. The molecule has 8 heteroatoms. The van der Waals surface area contributed by atoms with E-state index >= 15 is 0 Å². The number of hydrogen-bond acceptors (Lipinski definition) is 6. The summed E-state index contributed by atoms with van der Waals surface area (Å²) < 4.78 is 10.7. The highest BCUT2D eigenvalue weighted by Gasteiger charge is 2.17. The van der Waals surface area contributed by atoms with Gasteiger partial charge in [0.25, 0.3) is 5.91 Å². The van der Waals surface area contributed by atoms with Crippen LogP contribution in [0, 0.1) is 0 Å². The molecule has 1 aliphatic rings. The van der Waals surface area contributed by atoms with Crippen LogP contribution in [0.25, 0.3) is 11.4 Å². The van der Waals surface area contributed by atoms with Gasteiger partial charge in [0, 0.05) is 18.0 Å². The Morgan fingerprint density at radius 1 is 1.17 bits per heavy atom. The zero-order valence-corrected chi connectivity index (χ0v) is 16.8. The monoisotopic (exact) mass is 400 g/mol. The Bertz CT molecular complexity index is 797. The number of nitrogens with one attached hydrogen (secondary N) is 2. The van der Waals surface area contributed by atoms with Crippen LogP contribution in [0.3, 0.4) is 0 Å². The molecule has 0 saturated heterocycles. The molecule has 1 saturated carbocycles. The van der Waals surface area contributed by atoms with Crippen LogP contribution in [0.1, 0.15) is 57.8 Å². The standard InChI is InChI=1S/C21H28N4O4/c1-2-3-9-19-24-20(25-29-19)15-10-12-17(13-11-15)28-14-18(26)23-21(27)22-16-7-5-4-6-8-16/h10-13,16H,2-9,14H2,1H3,(H2,22,23,26,27). The highest BCUT2D eigenvalue weighted by Crippen LogP contribution is 2.20. The van der Waals surface area contributed by atoms with Crippen LogP contribution in [0.5, 0.6) is 5.75 Å². The number of nitrogens with zero attached hydrogens (tertiary/aromatic N) is 2. The fourth-order valence-corrected chi connectivity index (χ4v) is 3.28. The second-order valence-corrected chi connectivity index (χ2v) is 7.28. The van der Waals surface area contributed by atoms with Gasteiger partial charge >= 0.3 is 6.03 Å². The van der Waals surface area contributed by atoms with Crippen molar-refractivity contribution in [2.75, 3.05) is 6.61 Å². The van der Waals surface area contributed by atoms with Crippen molar-refractivity contribution >= 4 is 11.9 Å². The summed E-state index contributed by atoms with van der Waals surface area (Å²) in [6, 6.07) is 6.75. The molecule has 3 rings (SSSR count). The SMILES string of the molecule is CCCCc1nc(-c2ccc(OCC(=O)NC(=O)NC3CCCCC3)cc2)no1. The second-order valence-electron chi connectivity index (χ2n) is 7.28. The molecule has 156 valence electrons. The van der Waals surface area contributed by atoms with Gasteiger partial charge in [0.1, 0.15) is 5.75 Å². The first kappa shape index (κ1) is 20.8. The molecule has 0 spiro atoms. The van der Waals surface area contributed by atoms with Gasteiger partial charge in [0.2, 0.25) is 11.7 Å². The number of rotatable bonds is 8. The smallest absolute Gasteiger partial charge is 0.321 e. The van der Waals surface area contributed by atoms with Crippen LogP contribution in [0.4, 0.5) is 4.79 Å². The average Bonchev–Trinajstić information content (AvgIpc) is 3.21. The predicted molar refractivity (Wildman–Crippen MR) is 107 cm³/mol. The van der Waals surface area contributed by atoms with Gasteiger partial charge in [0.15, 0.2) is 6.61 Å². The third-order valence-electron chi connectivity index (χ3n) is 4.89. The number of aromatic nitrogens is 2. The van der Waals surface area contributed by atoms with E-state index < -0.39 is 11.9 Å². The van der Waals surface area contributed by atoms with Gasteiger partial charge < -0.3 is 14.6 Å². The van der Waals surface area contributed by atoms with Gasteiger partial charge in [-0.25, -0.2) is 4.79 Å². The maximum atomic E-state index is 11.9. The van der Waals surface area contributed by atoms with E-state index in [4.69, 9.17) is 9.26 Å². The van der Waals surface area contributed by atoms with Gasteiger partial charge in [-0.05, 0) is 43.5 Å². The van der Waals surface area contributed by atoms with E-state index in [0.29, 0.717) is 17.5 Å². The molecule has 1 aromatic carbocycles. The molecule has 2 N–H and O–H groups in total. The summed E-state index contributed by atoms with van der Waals surface area (Å²) >= 11 is 0. The molecular formula is C21H28N4O4. The summed E-state index contributed by atoms with van der Waals surface area (Å²) in [6.07, 6.45) is 8.21. The van der Waals surface area contributed by atoms with Crippen LogP contribution >= 0.6 is 0 Å². The Morgan fingerprint density at radius 3 is 2.66 bits per heavy atom. The van der Waals surface area contributed by atoms with Gasteiger partial charge in [-0.1, -0.05) is 37.8 Å². The lowest BCUT2D eigenvalue weighted by Crippen LogP contribution is -2.46. The zero-order valence-electron chi connectivity index (χ0n) is 16.8. The molecule has 0 atom stereocenters. The molecule has 0 radical (unpaired) electrons. The van der Waals surface area contributed by atoms with Crippen molar-refractivity contribution in [3.63, 3.8) is 0 Å². The van der Waals surface area contributed by atoms with Crippen LogP contribution in [0.2, 0.25) is 0 Å². The highest BCUT2D eigenvalue weighted by atomic mass is 16.5. The van der Waals surface area contributed by atoms with E-state index in [9.17, 15) is 9.59 Å². The number of aryl methyl sites for hydroxylation is 1. The van der Waals surface area contributed by atoms with E-state index in [1.165, 1.54) is 6.42 Å². The van der Waals surface area contributed by atoms with Crippen molar-refractivity contribution in [2.24, 2.45) is 0 Å². The fraction of sp³-hybridized carbons (Fsp3) is 0.524. The maximum Gasteiger partial charge on any atom is 0.321 e. The van der Waals surface area contributed by atoms with E-state index in [1.54, 1.807) is 24.3 Å². The minimum atomic E-state index is -0.485. The number of ether oxygens (including phenoxy) is 1. The van der Waals surface area contributed by atoms with Gasteiger partial charge in [-0.2, -0.15) is 4.98 Å². The zero-order chi connectivity index (χ0) is 20.5. The quantitative estimate of drug-likeness (QED) is 0.701. The summed E-state index contributed by atoms with van der Waals surface area (Å²) in [4.78, 5) is 28.2. The van der Waals surface area contributed by atoms with Crippen LogP contribution in [-0.2, 0) is 11.2 Å². The minimum Gasteiger partial charge on any atom is -0.484 e. The lowest BCUT2D eigenvalue weighted by atomic mass is 9.96. The Morgan fingerprint density at radius 2 is 1.93 bits per heavy atom. The molecule has 1 aliphatic carbocycles. The lowest BCUT2D eigenvalue weighted by molar-refractivity contribution is -0.122. The normalized spacial score (nSPS) is 14.4. The van der Waals surface area contributed by atoms with E-state index in [-0.39, 0.29) is 12.6 Å². The van der Waals surface area contributed by atoms with Crippen molar-refractivity contribution in [1.29, 1.82) is 0 Å². The summed E-state index contributed by atoms with van der Waals surface area (Å²) in [5.41, 5.74) is 0.806. The molecule has 0 unspecified atom stereocenters. The number of urea groups is 1. The predicted octanol–water partition coefficient (Wildman–Crippen LogP) is 3.62. The molecule has 1 fully saturated rings. The van der Waals surface area contributed by atoms with E-state index in [1.807, 2.05) is 0 Å². The lowest BCUT2D eigenvalue weighted by Gasteiger charge is -2.22. The number of hydrogen-bond donors (Lipinski definition) is 2. The molecule has 1 heterocycles. The second kappa shape index (κ2) is 10.6. The van der Waals surface area contributed by atoms with Crippen molar-refractivity contribution < 1.29 is 18.8 Å². The van der Waals surface area contributed by atoms with Crippen molar-refractivity contribution in [2.45, 2.75) is 64.3 Å². The number of imide groups is 1. The Kier molecular flexibility index (Phi) is 7.61. The van der Waals surface area contributed by atoms with Crippen molar-refractivity contribution in [3.8, 4) is 17.1 Å². The van der Waals surface area contributed by atoms with Crippen LogP contribution in [0.15, 0.2) is 28.8 Å². The molecule has 2 aromatic rings. The summed E-state index contributed by atoms with van der Waals surface area (Å²) in [6.45, 7) is 1.88. The number of benzene rings is 1. The van der Waals surface area contributed by atoms with Crippen LogP contribution in [-0.4, -0.2) is 34.7 Å². The van der Waals surface area contributed by atoms with Crippen molar-refractivity contribution in [1.82, 2.24) is 20.8 Å². The summed E-state index contributed by atoms with van der Waals surface area (Å²) in [7, 11) is 0. The minimum absolute atomic E-state index is 0.151. The Balaban J connectivity index is 1.42. The first-order valence-corrected chi connectivity index (χ1v) is 10.3. The van der Waals surface area contributed by atoms with Crippen LogP contribution < -0.4 is 15.4 Å². The molecule has 0 bridgehead atoms. The highest BCUT2D eigenvalue weighted by molar-refractivity contribution is 5.95. The van der Waals surface area contributed by atoms with Gasteiger partial charge in [-0.15, -0.1) is 0 Å². The molecule has 1 aromatic heterocycles. The Labute approximate surface area is 170 Å². The third kappa shape index (κ3) is 6.58.